The predicted molar refractivity (Wildman–Crippen MR) is 97.2 cm³/mol. The highest BCUT2D eigenvalue weighted by Gasteiger charge is 2.11. The van der Waals surface area contributed by atoms with Crippen LogP contribution in [0, 0.1) is 13.8 Å². The highest BCUT2D eigenvalue weighted by atomic mass is 16.1. The van der Waals surface area contributed by atoms with E-state index < -0.39 is 0 Å². The number of para-hydroxylation sites is 1. The van der Waals surface area contributed by atoms with Gasteiger partial charge in [-0.15, -0.1) is 0 Å². The Kier molecular flexibility index (Phi) is 4.80. The fourth-order valence-corrected chi connectivity index (χ4v) is 3.02. The molecule has 1 N–H and O–H groups in total. The summed E-state index contributed by atoms with van der Waals surface area (Å²) in [7, 11) is 0. The first kappa shape index (κ1) is 16.1. The standard InChI is InChI=1S/C21H22N2O/c1-16-13-19(17(2)23(16)20-11-7-4-8-12-20)15-22-21(24)14-18-9-5-3-6-10-18/h3-13H,14-15H2,1-2H3,(H,22,24). The Balaban J connectivity index is 1.69. The molecule has 0 saturated carbocycles. The van der Waals surface area contributed by atoms with E-state index in [0.717, 1.165) is 16.8 Å². The van der Waals surface area contributed by atoms with Crippen LogP contribution < -0.4 is 5.32 Å². The molecule has 3 heteroatoms. The van der Waals surface area contributed by atoms with Crippen LogP contribution in [0.1, 0.15) is 22.5 Å². The summed E-state index contributed by atoms with van der Waals surface area (Å²) in [6.07, 6.45) is 0.415. The third kappa shape index (κ3) is 3.57. The van der Waals surface area contributed by atoms with Crippen LogP contribution in [-0.2, 0) is 17.8 Å². The Labute approximate surface area is 143 Å². The molecule has 3 rings (SSSR count). The van der Waals surface area contributed by atoms with E-state index in [0.29, 0.717) is 13.0 Å². The summed E-state index contributed by atoms with van der Waals surface area (Å²) in [6, 6.07) is 22.2. The number of nitrogens with one attached hydrogen (secondary N) is 1. The number of hydrogen-bond acceptors (Lipinski definition) is 1. The quantitative estimate of drug-likeness (QED) is 0.759. The van der Waals surface area contributed by atoms with E-state index in [9.17, 15) is 4.79 Å². The maximum atomic E-state index is 12.1. The minimum absolute atomic E-state index is 0.0470. The van der Waals surface area contributed by atoms with E-state index in [-0.39, 0.29) is 5.91 Å². The zero-order chi connectivity index (χ0) is 16.9. The number of hydrogen-bond donors (Lipinski definition) is 1. The first-order valence-electron chi connectivity index (χ1n) is 8.19. The third-order valence-electron chi connectivity index (χ3n) is 4.23. The molecule has 122 valence electrons. The van der Waals surface area contributed by atoms with Gasteiger partial charge in [-0.2, -0.15) is 0 Å². The normalized spacial score (nSPS) is 10.6. The van der Waals surface area contributed by atoms with Crippen LogP contribution in [0.25, 0.3) is 5.69 Å². The van der Waals surface area contributed by atoms with E-state index in [4.69, 9.17) is 0 Å². The van der Waals surface area contributed by atoms with Gasteiger partial charge in [0.25, 0.3) is 0 Å². The summed E-state index contributed by atoms with van der Waals surface area (Å²) in [6.45, 7) is 4.74. The molecule has 0 atom stereocenters. The number of nitrogens with zero attached hydrogens (tertiary/aromatic N) is 1. The predicted octanol–water partition coefficient (Wildman–Crippen LogP) is 3.95. The summed E-state index contributed by atoms with van der Waals surface area (Å²) in [5.41, 5.74) is 5.67. The van der Waals surface area contributed by atoms with Crippen molar-refractivity contribution in [1.29, 1.82) is 0 Å². The summed E-state index contributed by atoms with van der Waals surface area (Å²) in [4.78, 5) is 12.1. The highest BCUT2D eigenvalue weighted by Crippen LogP contribution is 2.20. The van der Waals surface area contributed by atoms with Crippen molar-refractivity contribution in [3.8, 4) is 5.69 Å². The lowest BCUT2D eigenvalue weighted by molar-refractivity contribution is -0.120. The molecule has 1 amide bonds. The van der Waals surface area contributed by atoms with Crippen LogP contribution in [-0.4, -0.2) is 10.5 Å². The molecule has 0 bridgehead atoms. The minimum Gasteiger partial charge on any atom is -0.352 e. The van der Waals surface area contributed by atoms with Gasteiger partial charge >= 0.3 is 0 Å². The molecule has 3 aromatic rings. The average Bonchev–Trinajstić information content (AvgIpc) is 2.88. The van der Waals surface area contributed by atoms with Crippen LogP contribution in [0.4, 0.5) is 0 Å². The molecule has 0 unspecified atom stereocenters. The Hall–Kier alpha value is -2.81. The summed E-state index contributed by atoms with van der Waals surface area (Å²) < 4.78 is 2.22. The maximum Gasteiger partial charge on any atom is 0.224 e. The Morgan fingerprint density at radius 1 is 0.958 bits per heavy atom. The molecule has 0 fully saturated rings. The van der Waals surface area contributed by atoms with Crippen LogP contribution in [0.15, 0.2) is 66.7 Å². The third-order valence-corrected chi connectivity index (χ3v) is 4.23. The molecule has 0 aliphatic heterocycles. The van der Waals surface area contributed by atoms with E-state index in [1.54, 1.807) is 0 Å². The van der Waals surface area contributed by atoms with Gasteiger partial charge in [0.1, 0.15) is 0 Å². The fourth-order valence-electron chi connectivity index (χ4n) is 3.02. The molecule has 0 aliphatic rings. The van der Waals surface area contributed by atoms with E-state index in [1.807, 2.05) is 48.5 Å². The SMILES string of the molecule is Cc1cc(CNC(=O)Cc2ccccc2)c(C)n1-c1ccccc1. The average molecular weight is 318 g/mol. The monoisotopic (exact) mass is 318 g/mol. The highest BCUT2D eigenvalue weighted by molar-refractivity contribution is 5.78. The van der Waals surface area contributed by atoms with Gasteiger partial charge < -0.3 is 9.88 Å². The first-order chi connectivity index (χ1) is 11.6. The van der Waals surface area contributed by atoms with Gasteiger partial charge in [0.2, 0.25) is 5.91 Å². The Morgan fingerprint density at radius 3 is 2.25 bits per heavy atom. The molecular weight excluding hydrogens is 296 g/mol. The topological polar surface area (TPSA) is 34.0 Å². The molecule has 1 heterocycles. The number of aryl methyl sites for hydroxylation is 1. The van der Waals surface area contributed by atoms with Crippen molar-refractivity contribution < 1.29 is 4.79 Å². The summed E-state index contributed by atoms with van der Waals surface area (Å²) in [5, 5.41) is 3.03. The van der Waals surface area contributed by atoms with Gasteiger partial charge in [-0.05, 0) is 43.2 Å². The number of amides is 1. The van der Waals surface area contributed by atoms with Crippen molar-refractivity contribution in [3.63, 3.8) is 0 Å². The molecular formula is C21H22N2O. The number of benzene rings is 2. The van der Waals surface area contributed by atoms with Crippen molar-refractivity contribution in [2.45, 2.75) is 26.8 Å². The fraction of sp³-hybridized carbons (Fsp3) is 0.190. The van der Waals surface area contributed by atoms with Gasteiger partial charge in [-0.3, -0.25) is 4.79 Å². The zero-order valence-electron chi connectivity index (χ0n) is 14.1. The lowest BCUT2D eigenvalue weighted by atomic mass is 10.1. The van der Waals surface area contributed by atoms with E-state index >= 15 is 0 Å². The van der Waals surface area contributed by atoms with Crippen LogP contribution in [0.3, 0.4) is 0 Å². The molecule has 0 saturated heterocycles. The van der Waals surface area contributed by atoms with E-state index in [1.165, 1.54) is 11.4 Å². The number of carbonyl (C=O) groups excluding carboxylic acids is 1. The van der Waals surface area contributed by atoms with Crippen LogP contribution in [0.5, 0.6) is 0 Å². The maximum absolute atomic E-state index is 12.1. The van der Waals surface area contributed by atoms with Gasteiger partial charge in [0.05, 0.1) is 6.42 Å². The second-order valence-electron chi connectivity index (χ2n) is 6.01. The van der Waals surface area contributed by atoms with Crippen LogP contribution in [0.2, 0.25) is 0 Å². The van der Waals surface area contributed by atoms with Crippen molar-refractivity contribution in [2.24, 2.45) is 0 Å². The van der Waals surface area contributed by atoms with Gasteiger partial charge in [-0.25, -0.2) is 0 Å². The molecule has 24 heavy (non-hydrogen) atoms. The Bertz CT molecular complexity index is 820. The van der Waals surface area contributed by atoms with Gasteiger partial charge in [-0.1, -0.05) is 48.5 Å². The molecule has 0 spiro atoms. The van der Waals surface area contributed by atoms with Gasteiger partial charge in [0.15, 0.2) is 0 Å². The lowest BCUT2D eigenvalue weighted by Crippen LogP contribution is -2.24. The van der Waals surface area contributed by atoms with E-state index in [2.05, 4.69) is 41.9 Å². The van der Waals surface area contributed by atoms with Crippen molar-refractivity contribution in [1.82, 2.24) is 9.88 Å². The summed E-state index contributed by atoms with van der Waals surface area (Å²) in [5.74, 6) is 0.0470. The minimum atomic E-state index is 0.0470. The van der Waals surface area contributed by atoms with Gasteiger partial charge in [0, 0.05) is 23.6 Å². The molecule has 0 radical (unpaired) electrons. The van der Waals surface area contributed by atoms with Crippen LogP contribution >= 0.6 is 0 Å². The second-order valence-corrected chi connectivity index (χ2v) is 6.01. The number of rotatable bonds is 5. The van der Waals surface area contributed by atoms with Crippen molar-refractivity contribution in [3.05, 3.63) is 89.2 Å². The molecule has 1 aromatic heterocycles. The molecule has 3 nitrogen and oxygen atoms in total. The van der Waals surface area contributed by atoms with Crippen molar-refractivity contribution >= 4 is 5.91 Å². The molecule has 2 aromatic carbocycles. The zero-order valence-corrected chi connectivity index (χ0v) is 14.1. The van der Waals surface area contributed by atoms with Crippen molar-refractivity contribution in [2.75, 3.05) is 0 Å². The number of carbonyl (C=O) groups is 1. The Morgan fingerprint density at radius 2 is 1.58 bits per heavy atom. The number of aromatic nitrogens is 1. The second kappa shape index (κ2) is 7.18. The summed E-state index contributed by atoms with van der Waals surface area (Å²) >= 11 is 0. The lowest BCUT2D eigenvalue weighted by Gasteiger charge is -2.10. The largest absolute Gasteiger partial charge is 0.352 e. The first-order valence-corrected chi connectivity index (χ1v) is 8.19. The molecule has 0 aliphatic carbocycles. The smallest absolute Gasteiger partial charge is 0.224 e.